The van der Waals surface area contributed by atoms with Gasteiger partial charge in [0.2, 0.25) is 0 Å². The molecule has 4 rings (SSSR count). The second-order valence-electron chi connectivity index (χ2n) is 5.49. The van der Waals surface area contributed by atoms with Crippen LogP contribution in [0.25, 0.3) is 11.3 Å². The molecule has 0 aliphatic carbocycles. The van der Waals surface area contributed by atoms with E-state index in [-0.39, 0.29) is 12.5 Å². The van der Waals surface area contributed by atoms with Gasteiger partial charge in [-0.3, -0.25) is 10.1 Å². The Morgan fingerprint density at radius 1 is 1.23 bits per heavy atom. The number of carbonyl (C=O) groups excluding carboxylic acids is 1. The first-order chi connectivity index (χ1) is 12.6. The van der Waals surface area contributed by atoms with Gasteiger partial charge in [0.25, 0.3) is 5.91 Å². The van der Waals surface area contributed by atoms with Crippen molar-refractivity contribution in [2.45, 2.75) is 10.6 Å². The van der Waals surface area contributed by atoms with Crippen LogP contribution in [0.2, 0.25) is 10.0 Å². The Morgan fingerprint density at radius 2 is 2.08 bits per heavy atom. The molecule has 8 heteroatoms. The average molecular weight is 423 g/mol. The molecule has 0 unspecified atom stereocenters. The molecule has 2 heterocycles. The molecule has 1 aliphatic heterocycles. The summed E-state index contributed by atoms with van der Waals surface area (Å²) in [7, 11) is 0. The summed E-state index contributed by atoms with van der Waals surface area (Å²) in [6, 6.07) is 13.0. The van der Waals surface area contributed by atoms with Crippen LogP contribution in [0, 0.1) is 0 Å². The van der Waals surface area contributed by atoms with E-state index < -0.39 is 0 Å². The van der Waals surface area contributed by atoms with E-state index in [0.29, 0.717) is 20.9 Å². The van der Waals surface area contributed by atoms with Gasteiger partial charge in [0.05, 0.1) is 10.7 Å². The van der Waals surface area contributed by atoms with Gasteiger partial charge in [0.15, 0.2) is 11.7 Å². The predicted molar refractivity (Wildman–Crippen MR) is 108 cm³/mol. The lowest BCUT2D eigenvalue weighted by Gasteiger charge is -2.13. The van der Waals surface area contributed by atoms with Crippen LogP contribution in [0.15, 0.2) is 47.4 Å². The number of nitrogens with one attached hydrogen (secondary N) is 1. The summed E-state index contributed by atoms with van der Waals surface area (Å²) >= 11 is 15.2. The molecule has 1 aliphatic rings. The van der Waals surface area contributed by atoms with Crippen LogP contribution in [-0.2, 0) is 10.5 Å². The van der Waals surface area contributed by atoms with Crippen LogP contribution >= 0.6 is 46.3 Å². The molecule has 0 bridgehead atoms. The fourth-order valence-electron chi connectivity index (χ4n) is 2.54. The summed E-state index contributed by atoms with van der Waals surface area (Å²) < 4.78 is 5.45. The van der Waals surface area contributed by atoms with E-state index in [1.54, 1.807) is 30.0 Å². The number of anilines is 1. The number of ether oxygens (including phenoxy) is 1. The number of hydrogen-bond donors (Lipinski definition) is 1. The van der Waals surface area contributed by atoms with E-state index in [9.17, 15) is 4.79 Å². The summed E-state index contributed by atoms with van der Waals surface area (Å²) in [4.78, 5) is 19.1. The van der Waals surface area contributed by atoms with Crippen molar-refractivity contribution in [3.05, 3.63) is 57.4 Å². The van der Waals surface area contributed by atoms with Gasteiger partial charge in [-0.05, 0) is 24.3 Å². The number of thiazole rings is 1. The van der Waals surface area contributed by atoms with Crippen molar-refractivity contribution < 1.29 is 9.53 Å². The molecular weight excluding hydrogens is 411 g/mol. The van der Waals surface area contributed by atoms with Crippen LogP contribution < -0.4 is 10.1 Å². The van der Waals surface area contributed by atoms with E-state index in [1.807, 2.05) is 12.1 Å². The maximum atomic E-state index is 12.2. The predicted octanol–water partition coefficient (Wildman–Crippen LogP) is 5.74. The lowest BCUT2D eigenvalue weighted by molar-refractivity contribution is -0.118. The first-order valence-electron chi connectivity index (χ1n) is 7.70. The van der Waals surface area contributed by atoms with E-state index in [1.165, 1.54) is 16.2 Å². The summed E-state index contributed by atoms with van der Waals surface area (Å²) in [6.07, 6.45) is 0. The standard InChI is InChI=1S/C18H12Cl2N2O2S2/c19-10-5-6-13(12(20)7-10)24-8-16(23)21-18-22-17-11-3-1-2-4-14(11)25-9-15(17)26-18/h1-7H,8-9H2,(H,21,22,23). The number of amides is 1. The lowest BCUT2D eigenvalue weighted by atomic mass is 10.1. The minimum absolute atomic E-state index is 0.156. The third kappa shape index (κ3) is 3.69. The summed E-state index contributed by atoms with van der Waals surface area (Å²) in [5.74, 6) is 0.981. The highest BCUT2D eigenvalue weighted by Gasteiger charge is 2.21. The van der Waals surface area contributed by atoms with Crippen LogP contribution in [0.1, 0.15) is 4.88 Å². The number of rotatable bonds is 4. The zero-order valence-corrected chi connectivity index (χ0v) is 16.4. The van der Waals surface area contributed by atoms with Gasteiger partial charge in [-0.1, -0.05) is 41.4 Å². The van der Waals surface area contributed by atoms with Gasteiger partial charge in [-0.15, -0.1) is 23.1 Å². The third-order valence-corrected chi connectivity index (χ3v) is 6.48. The number of benzene rings is 2. The lowest BCUT2D eigenvalue weighted by Crippen LogP contribution is -2.20. The molecule has 0 atom stereocenters. The zero-order valence-electron chi connectivity index (χ0n) is 13.3. The van der Waals surface area contributed by atoms with E-state index >= 15 is 0 Å². The van der Waals surface area contributed by atoms with Crippen LogP contribution in [-0.4, -0.2) is 17.5 Å². The van der Waals surface area contributed by atoms with Gasteiger partial charge in [-0.2, -0.15) is 0 Å². The quantitative estimate of drug-likeness (QED) is 0.582. The minimum Gasteiger partial charge on any atom is -0.482 e. The molecule has 1 N–H and O–H groups in total. The smallest absolute Gasteiger partial charge is 0.264 e. The first kappa shape index (κ1) is 17.7. The minimum atomic E-state index is -0.289. The number of thioether (sulfide) groups is 1. The van der Waals surface area contributed by atoms with Gasteiger partial charge in [0.1, 0.15) is 5.75 Å². The SMILES string of the molecule is O=C(COc1ccc(Cl)cc1Cl)Nc1nc2c(s1)CSc1ccccc1-2. The molecule has 0 spiro atoms. The maximum absolute atomic E-state index is 12.2. The Bertz CT molecular complexity index is 991. The summed E-state index contributed by atoms with van der Waals surface area (Å²) in [5, 5.41) is 4.25. The van der Waals surface area contributed by atoms with Gasteiger partial charge in [-0.25, -0.2) is 4.98 Å². The summed E-state index contributed by atoms with van der Waals surface area (Å²) in [5.41, 5.74) is 2.06. The Hall–Kier alpha value is -1.73. The molecule has 3 aromatic rings. The fourth-order valence-corrected chi connectivity index (χ4v) is 5.12. The number of aromatic nitrogens is 1. The number of carbonyl (C=O) groups is 1. The molecule has 2 aromatic carbocycles. The Labute approximate surface area is 168 Å². The van der Waals surface area contributed by atoms with Crippen molar-refractivity contribution in [3.63, 3.8) is 0 Å². The largest absolute Gasteiger partial charge is 0.482 e. The van der Waals surface area contributed by atoms with Crippen molar-refractivity contribution in [1.82, 2.24) is 4.98 Å². The highest BCUT2D eigenvalue weighted by Crippen LogP contribution is 2.44. The van der Waals surface area contributed by atoms with Crippen molar-refractivity contribution in [1.29, 1.82) is 0 Å². The highest BCUT2D eigenvalue weighted by atomic mass is 35.5. The molecule has 0 fully saturated rings. The Balaban J connectivity index is 1.44. The molecule has 1 aromatic heterocycles. The van der Waals surface area contributed by atoms with Crippen LogP contribution in [0.3, 0.4) is 0 Å². The third-order valence-electron chi connectivity index (χ3n) is 3.70. The number of fused-ring (bicyclic) bond motifs is 3. The Kier molecular flexibility index (Phi) is 5.09. The van der Waals surface area contributed by atoms with Gasteiger partial charge in [0, 0.05) is 26.1 Å². The fraction of sp³-hybridized carbons (Fsp3) is 0.111. The van der Waals surface area contributed by atoms with Gasteiger partial charge >= 0.3 is 0 Å². The van der Waals surface area contributed by atoms with E-state index in [4.69, 9.17) is 27.9 Å². The maximum Gasteiger partial charge on any atom is 0.264 e. The number of halogens is 2. The first-order valence-corrected chi connectivity index (χ1v) is 10.3. The van der Waals surface area contributed by atoms with Crippen molar-refractivity contribution in [2.75, 3.05) is 11.9 Å². The molecule has 0 saturated heterocycles. The van der Waals surface area contributed by atoms with Crippen LogP contribution in [0.5, 0.6) is 5.75 Å². The van der Waals surface area contributed by atoms with Crippen molar-refractivity contribution in [3.8, 4) is 17.0 Å². The topological polar surface area (TPSA) is 51.2 Å². The highest BCUT2D eigenvalue weighted by molar-refractivity contribution is 7.98. The zero-order chi connectivity index (χ0) is 18.1. The molecule has 4 nitrogen and oxygen atoms in total. The van der Waals surface area contributed by atoms with Crippen molar-refractivity contribution >= 4 is 57.3 Å². The monoisotopic (exact) mass is 422 g/mol. The molecule has 0 radical (unpaired) electrons. The molecule has 132 valence electrons. The normalized spacial score (nSPS) is 12.2. The Morgan fingerprint density at radius 3 is 2.92 bits per heavy atom. The second kappa shape index (κ2) is 7.48. The van der Waals surface area contributed by atoms with Gasteiger partial charge < -0.3 is 4.74 Å². The number of nitrogens with zero attached hydrogens (tertiary/aromatic N) is 1. The summed E-state index contributed by atoms with van der Waals surface area (Å²) in [6.45, 7) is -0.156. The van der Waals surface area contributed by atoms with E-state index in [2.05, 4.69) is 22.4 Å². The van der Waals surface area contributed by atoms with Crippen molar-refractivity contribution in [2.24, 2.45) is 0 Å². The number of hydrogen-bond acceptors (Lipinski definition) is 5. The van der Waals surface area contributed by atoms with E-state index in [0.717, 1.165) is 21.9 Å². The van der Waals surface area contributed by atoms with Crippen LogP contribution in [0.4, 0.5) is 5.13 Å². The molecule has 1 amide bonds. The molecular formula is C18H12Cl2N2O2S2. The molecule has 0 saturated carbocycles. The second-order valence-corrected chi connectivity index (χ2v) is 8.43. The average Bonchev–Trinajstić information content (AvgIpc) is 3.04. The molecule has 26 heavy (non-hydrogen) atoms.